The second kappa shape index (κ2) is 4.37. The van der Waals surface area contributed by atoms with Crippen molar-refractivity contribution in [1.82, 2.24) is 9.78 Å². The van der Waals surface area contributed by atoms with E-state index in [0.29, 0.717) is 12.2 Å². The number of rotatable bonds is 3. The molecule has 0 saturated heterocycles. The van der Waals surface area contributed by atoms with E-state index in [2.05, 4.69) is 5.10 Å². The van der Waals surface area contributed by atoms with Crippen LogP contribution in [0.25, 0.3) is 0 Å². The average Bonchev–Trinajstić information content (AvgIpc) is 2.80. The fourth-order valence-corrected chi connectivity index (χ4v) is 1.59. The summed E-state index contributed by atoms with van der Waals surface area (Å²) in [6, 6.07) is 5.65. The van der Waals surface area contributed by atoms with Crippen LogP contribution in [-0.4, -0.2) is 15.6 Å². The summed E-state index contributed by atoms with van der Waals surface area (Å²) in [6.45, 7) is 2.47. The van der Waals surface area contributed by atoms with E-state index in [1.54, 1.807) is 16.9 Å². The van der Waals surface area contributed by atoms with Gasteiger partial charge in [0.15, 0.2) is 0 Å². The van der Waals surface area contributed by atoms with E-state index < -0.39 is 5.82 Å². The van der Waals surface area contributed by atoms with E-state index in [0.717, 1.165) is 6.07 Å². The number of ketones is 1. The van der Waals surface area contributed by atoms with Crippen LogP contribution in [0.5, 0.6) is 0 Å². The fourth-order valence-electron chi connectivity index (χ4n) is 1.59. The first-order valence-corrected chi connectivity index (χ1v) is 5.25. The second-order valence-electron chi connectivity index (χ2n) is 3.60. The number of hydrogen-bond donors (Lipinski definition) is 1. The molecule has 88 valence electrons. The van der Waals surface area contributed by atoms with Crippen LogP contribution < -0.4 is 5.73 Å². The molecule has 0 fully saturated rings. The lowest BCUT2D eigenvalue weighted by Gasteiger charge is -2.04. The topological polar surface area (TPSA) is 60.9 Å². The zero-order valence-electron chi connectivity index (χ0n) is 9.35. The van der Waals surface area contributed by atoms with Gasteiger partial charge in [-0.05, 0) is 31.2 Å². The van der Waals surface area contributed by atoms with Crippen molar-refractivity contribution in [1.29, 1.82) is 0 Å². The number of carbonyl (C=O) groups excluding carboxylic acids is 1. The molecule has 0 unspecified atom stereocenters. The highest BCUT2D eigenvalue weighted by Gasteiger charge is 2.14. The maximum Gasteiger partial charge on any atom is 0.211 e. The first-order valence-electron chi connectivity index (χ1n) is 5.25. The summed E-state index contributed by atoms with van der Waals surface area (Å²) in [5.41, 5.74) is 6.10. The molecule has 2 rings (SSSR count). The standard InChI is InChI=1S/C12H12FN3O/c1-2-16-11(5-6-15-16)12(17)8-3-4-10(14)9(13)7-8/h3-7H,2,14H2,1H3. The van der Waals surface area contributed by atoms with E-state index in [-0.39, 0.29) is 17.0 Å². The van der Waals surface area contributed by atoms with Crippen molar-refractivity contribution in [2.24, 2.45) is 0 Å². The predicted octanol–water partition coefficient (Wildman–Crippen LogP) is 1.86. The van der Waals surface area contributed by atoms with Crippen LogP contribution in [0.1, 0.15) is 23.0 Å². The molecule has 2 N–H and O–H groups in total. The van der Waals surface area contributed by atoms with Crippen molar-refractivity contribution in [3.63, 3.8) is 0 Å². The molecule has 4 nitrogen and oxygen atoms in total. The number of halogens is 1. The van der Waals surface area contributed by atoms with E-state index in [1.807, 2.05) is 6.92 Å². The zero-order chi connectivity index (χ0) is 12.4. The third-order valence-electron chi connectivity index (χ3n) is 2.51. The molecular weight excluding hydrogens is 221 g/mol. The summed E-state index contributed by atoms with van der Waals surface area (Å²) in [5, 5.41) is 4.00. The third-order valence-corrected chi connectivity index (χ3v) is 2.51. The molecule has 0 amide bonds. The quantitative estimate of drug-likeness (QED) is 0.650. The molecule has 0 saturated carbocycles. The first kappa shape index (κ1) is 11.3. The number of nitrogen functional groups attached to an aromatic ring is 1. The molecule has 0 atom stereocenters. The Morgan fingerprint density at radius 3 is 2.88 bits per heavy atom. The SMILES string of the molecule is CCn1nccc1C(=O)c1ccc(N)c(F)c1. The van der Waals surface area contributed by atoms with E-state index in [9.17, 15) is 9.18 Å². The molecule has 0 spiro atoms. The maximum atomic E-state index is 13.3. The largest absolute Gasteiger partial charge is 0.396 e. The molecule has 0 bridgehead atoms. The minimum Gasteiger partial charge on any atom is -0.396 e. The van der Waals surface area contributed by atoms with Crippen LogP contribution >= 0.6 is 0 Å². The molecular formula is C12H12FN3O. The fraction of sp³-hybridized carbons (Fsp3) is 0.167. The normalized spacial score (nSPS) is 10.5. The number of aromatic nitrogens is 2. The summed E-state index contributed by atoms with van der Waals surface area (Å²) in [6.07, 6.45) is 1.55. The van der Waals surface area contributed by atoms with Gasteiger partial charge in [0.05, 0.1) is 5.69 Å². The zero-order valence-corrected chi connectivity index (χ0v) is 9.35. The van der Waals surface area contributed by atoms with Gasteiger partial charge in [0.25, 0.3) is 0 Å². The van der Waals surface area contributed by atoms with Gasteiger partial charge in [-0.3, -0.25) is 9.48 Å². The lowest BCUT2D eigenvalue weighted by molar-refractivity contribution is 0.102. The van der Waals surface area contributed by atoms with Crippen molar-refractivity contribution in [2.75, 3.05) is 5.73 Å². The molecule has 0 aliphatic carbocycles. The minimum absolute atomic E-state index is 0.0329. The summed E-state index contributed by atoms with van der Waals surface area (Å²) in [4.78, 5) is 12.1. The molecule has 1 aromatic heterocycles. The first-order chi connectivity index (χ1) is 8.13. The monoisotopic (exact) mass is 233 g/mol. The lowest BCUT2D eigenvalue weighted by atomic mass is 10.1. The highest BCUT2D eigenvalue weighted by Crippen LogP contribution is 2.15. The number of aryl methyl sites for hydroxylation is 1. The summed E-state index contributed by atoms with van der Waals surface area (Å²) < 4.78 is 14.8. The summed E-state index contributed by atoms with van der Waals surface area (Å²) in [7, 11) is 0. The Kier molecular flexibility index (Phi) is 2.91. The Labute approximate surface area is 97.9 Å². The van der Waals surface area contributed by atoms with Gasteiger partial charge >= 0.3 is 0 Å². The Bertz CT molecular complexity index is 563. The summed E-state index contributed by atoms with van der Waals surface area (Å²) >= 11 is 0. The Morgan fingerprint density at radius 2 is 2.24 bits per heavy atom. The van der Waals surface area contributed by atoms with Gasteiger partial charge in [0.1, 0.15) is 11.5 Å². The minimum atomic E-state index is -0.585. The van der Waals surface area contributed by atoms with Crippen LogP contribution in [0.15, 0.2) is 30.5 Å². The Morgan fingerprint density at radius 1 is 1.47 bits per heavy atom. The predicted molar refractivity (Wildman–Crippen MR) is 62.1 cm³/mol. The molecule has 5 heteroatoms. The summed E-state index contributed by atoms with van der Waals surface area (Å²) in [5.74, 6) is -0.846. The van der Waals surface area contributed by atoms with Crippen molar-refractivity contribution in [2.45, 2.75) is 13.5 Å². The van der Waals surface area contributed by atoms with Crippen molar-refractivity contribution in [3.8, 4) is 0 Å². The van der Waals surface area contributed by atoms with Crippen LogP contribution in [0.4, 0.5) is 10.1 Å². The van der Waals surface area contributed by atoms with Crippen LogP contribution in [0.2, 0.25) is 0 Å². The van der Waals surface area contributed by atoms with Gasteiger partial charge in [-0.15, -0.1) is 0 Å². The van der Waals surface area contributed by atoms with Gasteiger partial charge in [-0.1, -0.05) is 0 Å². The lowest BCUT2D eigenvalue weighted by Crippen LogP contribution is -2.11. The van der Waals surface area contributed by atoms with Crippen LogP contribution in [0, 0.1) is 5.82 Å². The van der Waals surface area contributed by atoms with Gasteiger partial charge in [-0.25, -0.2) is 4.39 Å². The Hall–Kier alpha value is -2.17. The maximum absolute atomic E-state index is 13.3. The van der Waals surface area contributed by atoms with Gasteiger partial charge in [0, 0.05) is 18.3 Å². The van der Waals surface area contributed by atoms with Crippen molar-refractivity contribution in [3.05, 3.63) is 47.5 Å². The highest BCUT2D eigenvalue weighted by atomic mass is 19.1. The molecule has 0 aliphatic rings. The number of nitrogens with zero attached hydrogens (tertiary/aromatic N) is 2. The number of hydrogen-bond acceptors (Lipinski definition) is 3. The molecule has 0 aliphatic heterocycles. The number of anilines is 1. The van der Waals surface area contributed by atoms with Crippen molar-refractivity contribution < 1.29 is 9.18 Å². The number of carbonyl (C=O) groups is 1. The number of benzene rings is 1. The smallest absolute Gasteiger partial charge is 0.211 e. The van der Waals surface area contributed by atoms with E-state index >= 15 is 0 Å². The molecule has 1 aromatic carbocycles. The average molecular weight is 233 g/mol. The van der Waals surface area contributed by atoms with Crippen LogP contribution in [-0.2, 0) is 6.54 Å². The van der Waals surface area contributed by atoms with Gasteiger partial charge < -0.3 is 5.73 Å². The van der Waals surface area contributed by atoms with Gasteiger partial charge in [0.2, 0.25) is 5.78 Å². The van der Waals surface area contributed by atoms with Crippen LogP contribution in [0.3, 0.4) is 0 Å². The molecule has 0 radical (unpaired) electrons. The third kappa shape index (κ3) is 2.04. The highest BCUT2D eigenvalue weighted by molar-refractivity contribution is 6.08. The molecule has 1 heterocycles. The Balaban J connectivity index is 2.40. The molecule has 2 aromatic rings. The second-order valence-corrected chi connectivity index (χ2v) is 3.60. The number of nitrogens with two attached hydrogens (primary N) is 1. The molecule has 17 heavy (non-hydrogen) atoms. The van der Waals surface area contributed by atoms with E-state index in [1.165, 1.54) is 12.1 Å². The van der Waals surface area contributed by atoms with E-state index in [4.69, 9.17) is 5.73 Å². The van der Waals surface area contributed by atoms with Gasteiger partial charge in [-0.2, -0.15) is 5.10 Å². The van der Waals surface area contributed by atoms with Crippen molar-refractivity contribution >= 4 is 11.5 Å².